The standard InChI is InChI=1S/C23H27ClN2O3S/c1-2-25-8-7-19-21(15-25)30-20(22(19)23(28)26-9-11-29-12-10-26)14-18(27)13-16-3-5-17(24)6-4-16/h3-6H,2,7-15H2,1H3. The third-order valence-corrected chi connectivity index (χ3v) is 7.31. The molecule has 160 valence electrons. The van der Waals surface area contributed by atoms with Gasteiger partial charge in [0.15, 0.2) is 0 Å². The maximum atomic E-state index is 13.4. The van der Waals surface area contributed by atoms with Crippen molar-refractivity contribution in [2.45, 2.75) is 32.7 Å². The van der Waals surface area contributed by atoms with E-state index in [1.54, 1.807) is 23.5 Å². The van der Waals surface area contributed by atoms with Crippen LogP contribution < -0.4 is 0 Å². The normalized spacial score (nSPS) is 17.1. The lowest BCUT2D eigenvalue weighted by Gasteiger charge is -2.29. The van der Waals surface area contributed by atoms with Gasteiger partial charge in [-0.15, -0.1) is 11.3 Å². The molecule has 2 aliphatic rings. The fraction of sp³-hybridized carbons (Fsp3) is 0.478. The molecule has 2 aliphatic heterocycles. The number of nitrogens with zero attached hydrogens (tertiary/aromatic N) is 2. The smallest absolute Gasteiger partial charge is 0.255 e. The Kier molecular flexibility index (Phi) is 6.88. The molecule has 0 saturated carbocycles. The van der Waals surface area contributed by atoms with E-state index in [1.807, 2.05) is 17.0 Å². The van der Waals surface area contributed by atoms with E-state index in [0.717, 1.165) is 47.6 Å². The summed E-state index contributed by atoms with van der Waals surface area (Å²) in [6.45, 7) is 7.36. The fourth-order valence-electron chi connectivity index (χ4n) is 4.15. The number of hydrogen-bond donors (Lipinski definition) is 0. The summed E-state index contributed by atoms with van der Waals surface area (Å²) in [4.78, 5) is 32.7. The van der Waals surface area contributed by atoms with Crippen LogP contribution in [0.25, 0.3) is 0 Å². The maximum Gasteiger partial charge on any atom is 0.255 e. The molecule has 0 aliphatic carbocycles. The average Bonchev–Trinajstić information content (AvgIpc) is 3.12. The molecule has 1 fully saturated rings. The second kappa shape index (κ2) is 9.60. The average molecular weight is 447 g/mol. The number of carbonyl (C=O) groups excluding carboxylic acids is 2. The van der Waals surface area contributed by atoms with Gasteiger partial charge in [0.05, 0.1) is 18.8 Å². The van der Waals surface area contributed by atoms with Crippen molar-refractivity contribution in [2.24, 2.45) is 0 Å². The highest BCUT2D eigenvalue weighted by Gasteiger charge is 2.31. The number of thiophene rings is 1. The Hall–Kier alpha value is -1.73. The van der Waals surface area contributed by atoms with Crippen molar-refractivity contribution in [1.29, 1.82) is 0 Å². The molecule has 1 aromatic heterocycles. The molecule has 1 aromatic carbocycles. The van der Waals surface area contributed by atoms with Crippen molar-refractivity contribution in [3.05, 3.63) is 55.7 Å². The van der Waals surface area contributed by atoms with Gasteiger partial charge in [-0.05, 0) is 36.2 Å². The number of halogens is 1. The molecule has 4 rings (SSSR count). The van der Waals surface area contributed by atoms with Crippen molar-refractivity contribution in [2.75, 3.05) is 39.4 Å². The highest BCUT2D eigenvalue weighted by molar-refractivity contribution is 7.12. The SMILES string of the molecule is CCN1CCc2c(sc(CC(=O)Cc3ccc(Cl)cc3)c2C(=O)N2CCOCC2)C1. The van der Waals surface area contributed by atoms with Crippen LogP contribution in [0, 0.1) is 0 Å². The number of Topliss-reactive ketones (excluding diaryl/α,β-unsaturated/α-hetero) is 1. The Morgan fingerprint density at radius 2 is 1.83 bits per heavy atom. The van der Waals surface area contributed by atoms with E-state index in [-0.39, 0.29) is 11.7 Å². The lowest BCUT2D eigenvalue weighted by atomic mass is 9.97. The Morgan fingerprint density at radius 3 is 2.53 bits per heavy atom. The number of ketones is 1. The number of morpholine rings is 1. The van der Waals surface area contributed by atoms with Crippen molar-refractivity contribution in [3.63, 3.8) is 0 Å². The molecule has 1 amide bonds. The molecule has 30 heavy (non-hydrogen) atoms. The first-order valence-corrected chi connectivity index (χ1v) is 11.7. The number of amides is 1. The first-order chi connectivity index (χ1) is 14.5. The molecule has 0 atom stereocenters. The van der Waals surface area contributed by atoms with Gasteiger partial charge in [-0.25, -0.2) is 0 Å². The zero-order valence-corrected chi connectivity index (χ0v) is 18.9. The van der Waals surface area contributed by atoms with Crippen LogP contribution in [0.2, 0.25) is 5.02 Å². The maximum absolute atomic E-state index is 13.4. The highest BCUT2D eigenvalue weighted by atomic mass is 35.5. The van der Waals surface area contributed by atoms with Crippen LogP contribution in [0.1, 0.15) is 38.2 Å². The predicted molar refractivity (Wildman–Crippen MR) is 120 cm³/mol. The van der Waals surface area contributed by atoms with Gasteiger partial charge >= 0.3 is 0 Å². The summed E-state index contributed by atoms with van der Waals surface area (Å²) in [5.41, 5.74) is 2.90. The number of likely N-dealkylation sites (N-methyl/N-ethyl adjacent to an activating group) is 1. The summed E-state index contributed by atoms with van der Waals surface area (Å²) in [7, 11) is 0. The van der Waals surface area contributed by atoms with Crippen LogP contribution in [-0.2, 0) is 35.3 Å². The lowest BCUT2D eigenvalue weighted by molar-refractivity contribution is -0.117. The molecule has 0 unspecified atom stereocenters. The Bertz CT molecular complexity index is 919. The van der Waals surface area contributed by atoms with Crippen LogP contribution in [0.15, 0.2) is 24.3 Å². The minimum atomic E-state index is 0.0649. The largest absolute Gasteiger partial charge is 0.378 e. The molecule has 0 spiro atoms. The van der Waals surface area contributed by atoms with E-state index in [4.69, 9.17) is 16.3 Å². The van der Waals surface area contributed by atoms with Crippen molar-refractivity contribution < 1.29 is 14.3 Å². The molecule has 7 heteroatoms. The zero-order chi connectivity index (χ0) is 21.1. The number of carbonyl (C=O) groups is 2. The highest BCUT2D eigenvalue weighted by Crippen LogP contribution is 2.35. The van der Waals surface area contributed by atoms with E-state index in [2.05, 4.69) is 11.8 Å². The van der Waals surface area contributed by atoms with Crippen LogP contribution in [0.3, 0.4) is 0 Å². The number of ether oxygens (including phenoxy) is 1. The van der Waals surface area contributed by atoms with E-state index < -0.39 is 0 Å². The second-order valence-electron chi connectivity index (χ2n) is 7.84. The molecule has 2 aromatic rings. The van der Waals surface area contributed by atoms with Gasteiger partial charge in [-0.3, -0.25) is 14.5 Å². The summed E-state index contributed by atoms with van der Waals surface area (Å²) >= 11 is 7.60. The minimum absolute atomic E-state index is 0.0649. The summed E-state index contributed by atoms with van der Waals surface area (Å²) in [6.07, 6.45) is 1.53. The number of benzene rings is 1. The van der Waals surface area contributed by atoms with E-state index >= 15 is 0 Å². The Balaban J connectivity index is 1.59. The summed E-state index contributed by atoms with van der Waals surface area (Å²) in [6, 6.07) is 7.39. The Morgan fingerprint density at radius 1 is 1.10 bits per heavy atom. The monoisotopic (exact) mass is 446 g/mol. The van der Waals surface area contributed by atoms with Crippen molar-refractivity contribution >= 4 is 34.6 Å². The fourth-order valence-corrected chi connectivity index (χ4v) is 5.70. The van der Waals surface area contributed by atoms with Crippen LogP contribution in [0.5, 0.6) is 0 Å². The quantitative estimate of drug-likeness (QED) is 0.680. The zero-order valence-electron chi connectivity index (χ0n) is 17.3. The summed E-state index contributed by atoms with van der Waals surface area (Å²) < 4.78 is 5.42. The molecule has 0 N–H and O–H groups in total. The van der Waals surface area contributed by atoms with Crippen molar-refractivity contribution in [1.82, 2.24) is 9.80 Å². The summed E-state index contributed by atoms with van der Waals surface area (Å²) in [5, 5.41) is 0.663. The topological polar surface area (TPSA) is 49.9 Å². The van der Waals surface area contributed by atoms with Crippen LogP contribution >= 0.6 is 22.9 Å². The third-order valence-electron chi connectivity index (χ3n) is 5.84. The minimum Gasteiger partial charge on any atom is -0.378 e. The number of hydrogen-bond acceptors (Lipinski definition) is 5. The van der Waals surface area contributed by atoms with E-state index in [1.165, 1.54) is 4.88 Å². The number of fused-ring (bicyclic) bond motifs is 1. The van der Waals surface area contributed by atoms with Gasteiger partial charge in [-0.2, -0.15) is 0 Å². The molecular weight excluding hydrogens is 420 g/mol. The second-order valence-corrected chi connectivity index (χ2v) is 9.47. The van der Waals surface area contributed by atoms with Gasteiger partial charge in [-0.1, -0.05) is 30.7 Å². The molecule has 1 saturated heterocycles. The van der Waals surface area contributed by atoms with E-state index in [9.17, 15) is 9.59 Å². The third kappa shape index (κ3) is 4.78. The molecular formula is C23H27ClN2O3S. The van der Waals surface area contributed by atoms with Gasteiger partial charge in [0.1, 0.15) is 5.78 Å². The van der Waals surface area contributed by atoms with Crippen LogP contribution in [-0.4, -0.2) is 60.9 Å². The molecule has 5 nitrogen and oxygen atoms in total. The Labute approximate surface area is 186 Å². The first kappa shape index (κ1) is 21.5. The lowest BCUT2D eigenvalue weighted by Crippen LogP contribution is -2.41. The van der Waals surface area contributed by atoms with Crippen LogP contribution in [0.4, 0.5) is 0 Å². The molecule has 0 bridgehead atoms. The van der Waals surface area contributed by atoms with Gasteiger partial charge in [0, 0.05) is 53.8 Å². The van der Waals surface area contributed by atoms with E-state index in [0.29, 0.717) is 44.2 Å². The first-order valence-electron chi connectivity index (χ1n) is 10.5. The van der Waals surface area contributed by atoms with Gasteiger partial charge in [0.25, 0.3) is 5.91 Å². The summed E-state index contributed by atoms with van der Waals surface area (Å²) in [5.74, 6) is 0.189. The van der Waals surface area contributed by atoms with Gasteiger partial charge < -0.3 is 9.64 Å². The molecule has 3 heterocycles. The number of rotatable bonds is 6. The van der Waals surface area contributed by atoms with Crippen molar-refractivity contribution in [3.8, 4) is 0 Å². The predicted octanol–water partition coefficient (Wildman–Crippen LogP) is 3.61. The molecule has 0 radical (unpaired) electrons. The van der Waals surface area contributed by atoms with Gasteiger partial charge in [0.2, 0.25) is 0 Å².